The van der Waals surface area contributed by atoms with Crippen molar-refractivity contribution in [1.29, 1.82) is 0 Å². The molecule has 1 aromatic carbocycles. The lowest BCUT2D eigenvalue weighted by molar-refractivity contribution is -0.120. The van der Waals surface area contributed by atoms with Crippen molar-refractivity contribution in [3.63, 3.8) is 0 Å². The maximum atomic E-state index is 11.3. The smallest absolute Gasteiger partial charge is 0.238 e. The number of nitrogens with two attached hydrogens (primary N) is 1. The van der Waals surface area contributed by atoms with Crippen molar-refractivity contribution < 1.29 is 13.9 Å². The van der Waals surface area contributed by atoms with Crippen LogP contribution < -0.4 is 11.3 Å². The number of carbonyl (C=O) groups is 1. The minimum Gasteiger partial charge on any atom is -0.467 e. The standard InChI is InChI=1S/C14H16N2O3/c15-16-14(17)8-11-4-1-2-5-12(11)9-18-10-13-6-3-7-19-13/h1-7H,8-10,15H2,(H,16,17). The lowest BCUT2D eigenvalue weighted by atomic mass is 10.1. The zero-order valence-corrected chi connectivity index (χ0v) is 10.5. The molecule has 0 aliphatic rings. The molecule has 0 bridgehead atoms. The van der Waals surface area contributed by atoms with E-state index in [1.54, 1.807) is 6.26 Å². The Morgan fingerprint density at radius 1 is 1.16 bits per heavy atom. The first kappa shape index (κ1) is 13.3. The molecular formula is C14H16N2O3. The van der Waals surface area contributed by atoms with Crippen molar-refractivity contribution in [3.8, 4) is 0 Å². The van der Waals surface area contributed by atoms with E-state index in [-0.39, 0.29) is 12.3 Å². The molecule has 0 atom stereocenters. The lowest BCUT2D eigenvalue weighted by Gasteiger charge is -2.09. The van der Waals surface area contributed by atoms with Gasteiger partial charge in [-0.1, -0.05) is 24.3 Å². The summed E-state index contributed by atoms with van der Waals surface area (Å²) in [6.07, 6.45) is 1.86. The fourth-order valence-corrected chi connectivity index (χ4v) is 1.75. The zero-order chi connectivity index (χ0) is 13.5. The molecule has 1 amide bonds. The van der Waals surface area contributed by atoms with E-state index < -0.39 is 0 Å². The van der Waals surface area contributed by atoms with Gasteiger partial charge in [0, 0.05) is 0 Å². The van der Waals surface area contributed by atoms with Gasteiger partial charge in [0.1, 0.15) is 12.4 Å². The first-order valence-electron chi connectivity index (χ1n) is 5.96. The van der Waals surface area contributed by atoms with E-state index in [9.17, 15) is 4.79 Å². The zero-order valence-electron chi connectivity index (χ0n) is 10.5. The maximum absolute atomic E-state index is 11.3. The molecule has 100 valence electrons. The Kier molecular flexibility index (Phi) is 4.72. The molecule has 2 rings (SSSR count). The van der Waals surface area contributed by atoms with Gasteiger partial charge in [0.25, 0.3) is 0 Å². The van der Waals surface area contributed by atoms with Gasteiger partial charge in [0.05, 0.1) is 19.3 Å². The summed E-state index contributed by atoms with van der Waals surface area (Å²) in [5.74, 6) is 5.64. The van der Waals surface area contributed by atoms with E-state index in [1.165, 1.54) is 0 Å². The lowest BCUT2D eigenvalue weighted by Crippen LogP contribution is -2.31. The number of rotatable bonds is 6. The number of nitrogens with one attached hydrogen (secondary N) is 1. The number of amides is 1. The molecule has 0 saturated carbocycles. The fourth-order valence-electron chi connectivity index (χ4n) is 1.75. The van der Waals surface area contributed by atoms with Crippen LogP contribution in [-0.2, 0) is 29.2 Å². The van der Waals surface area contributed by atoms with Crippen molar-refractivity contribution >= 4 is 5.91 Å². The van der Waals surface area contributed by atoms with Crippen LogP contribution in [0.1, 0.15) is 16.9 Å². The van der Waals surface area contributed by atoms with Gasteiger partial charge >= 0.3 is 0 Å². The number of benzene rings is 1. The molecule has 3 N–H and O–H groups in total. The quantitative estimate of drug-likeness (QED) is 0.469. The molecule has 0 spiro atoms. The van der Waals surface area contributed by atoms with Crippen molar-refractivity contribution in [2.24, 2.45) is 5.84 Å². The molecule has 0 aliphatic carbocycles. The molecule has 0 fully saturated rings. The Bertz CT molecular complexity index is 523. The first-order valence-corrected chi connectivity index (χ1v) is 5.96. The molecular weight excluding hydrogens is 244 g/mol. The fraction of sp³-hybridized carbons (Fsp3) is 0.214. The van der Waals surface area contributed by atoms with Crippen LogP contribution in [0.2, 0.25) is 0 Å². The Balaban J connectivity index is 1.93. The SMILES string of the molecule is NNC(=O)Cc1ccccc1COCc1ccco1. The van der Waals surface area contributed by atoms with E-state index in [1.807, 2.05) is 36.4 Å². The summed E-state index contributed by atoms with van der Waals surface area (Å²) >= 11 is 0. The first-order chi connectivity index (χ1) is 9.29. The average Bonchev–Trinajstić information content (AvgIpc) is 2.94. The molecule has 1 aromatic heterocycles. The number of furan rings is 1. The van der Waals surface area contributed by atoms with Crippen molar-refractivity contribution in [2.45, 2.75) is 19.6 Å². The molecule has 0 saturated heterocycles. The highest BCUT2D eigenvalue weighted by Gasteiger charge is 2.07. The monoisotopic (exact) mass is 260 g/mol. The Morgan fingerprint density at radius 3 is 2.63 bits per heavy atom. The Labute approximate surface area is 111 Å². The molecule has 0 aliphatic heterocycles. The van der Waals surface area contributed by atoms with Gasteiger partial charge in [-0.05, 0) is 23.3 Å². The van der Waals surface area contributed by atoms with Crippen LogP contribution in [0.3, 0.4) is 0 Å². The highest BCUT2D eigenvalue weighted by atomic mass is 16.5. The third kappa shape index (κ3) is 3.94. The van der Waals surface area contributed by atoms with E-state index in [4.69, 9.17) is 15.0 Å². The summed E-state index contributed by atoms with van der Waals surface area (Å²) in [6.45, 7) is 0.832. The number of hydrogen-bond acceptors (Lipinski definition) is 4. The van der Waals surface area contributed by atoms with E-state index in [2.05, 4.69) is 5.43 Å². The highest BCUT2D eigenvalue weighted by Crippen LogP contribution is 2.12. The summed E-state index contributed by atoms with van der Waals surface area (Å²) in [6, 6.07) is 11.3. The normalized spacial score (nSPS) is 10.4. The minimum absolute atomic E-state index is 0.224. The van der Waals surface area contributed by atoms with E-state index in [0.717, 1.165) is 16.9 Å². The Hall–Kier alpha value is -2.11. The van der Waals surface area contributed by atoms with Gasteiger partial charge in [0.15, 0.2) is 0 Å². The summed E-state index contributed by atoms with van der Waals surface area (Å²) in [5.41, 5.74) is 4.00. The largest absolute Gasteiger partial charge is 0.467 e. The molecule has 0 radical (unpaired) electrons. The van der Waals surface area contributed by atoms with Crippen molar-refractivity contribution in [2.75, 3.05) is 0 Å². The summed E-state index contributed by atoms with van der Waals surface area (Å²) in [5, 5.41) is 0. The van der Waals surface area contributed by atoms with Gasteiger partial charge in [-0.2, -0.15) is 0 Å². The summed E-state index contributed by atoms with van der Waals surface area (Å²) < 4.78 is 10.7. The second-order valence-corrected chi connectivity index (χ2v) is 4.09. The number of ether oxygens (including phenoxy) is 1. The maximum Gasteiger partial charge on any atom is 0.238 e. The van der Waals surface area contributed by atoms with Crippen LogP contribution in [0.5, 0.6) is 0 Å². The van der Waals surface area contributed by atoms with E-state index in [0.29, 0.717) is 13.2 Å². The van der Waals surface area contributed by atoms with Gasteiger partial charge in [0.2, 0.25) is 5.91 Å². The third-order valence-corrected chi connectivity index (χ3v) is 2.71. The predicted octanol–water partition coefficient (Wildman–Crippen LogP) is 1.53. The molecule has 5 heteroatoms. The van der Waals surface area contributed by atoms with Crippen molar-refractivity contribution in [3.05, 3.63) is 59.5 Å². The van der Waals surface area contributed by atoms with Crippen LogP contribution in [0.4, 0.5) is 0 Å². The van der Waals surface area contributed by atoms with Crippen LogP contribution >= 0.6 is 0 Å². The summed E-state index contributed by atoms with van der Waals surface area (Å²) in [4.78, 5) is 11.3. The molecule has 5 nitrogen and oxygen atoms in total. The predicted molar refractivity (Wildman–Crippen MR) is 69.7 cm³/mol. The minimum atomic E-state index is -0.224. The van der Waals surface area contributed by atoms with E-state index >= 15 is 0 Å². The van der Waals surface area contributed by atoms with Gasteiger partial charge in [-0.25, -0.2) is 5.84 Å². The molecule has 19 heavy (non-hydrogen) atoms. The second-order valence-electron chi connectivity index (χ2n) is 4.09. The van der Waals surface area contributed by atoms with Crippen LogP contribution in [0.15, 0.2) is 47.1 Å². The van der Waals surface area contributed by atoms with Gasteiger partial charge in [-0.15, -0.1) is 0 Å². The third-order valence-electron chi connectivity index (χ3n) is 2.71. The highest BCUT2D eigenvalue weighted by molar-refractivity contribution is 5.78. The molecule has 2 aromatic rings. The Morgan fingerprint density at radius 2 is 1.95 bits per heavy atom. The van der Waals surface area contributed by atoms with Crippen LogP contribution in [0, 0.1) is 0 Å². The number of carbonyl (C=O) groups excluding carboxylic acids is 1. The van der Waals surface area contributed by atoms with Gasteiger partial charge < -0.3 is 9.15 Å². The van der Waals surface area contributed by atoms with Crippen molar-refractivity contribution in [1.82, 2.24) is 5.43 Å². The second kappa shape index (κ2) is 6.72. The van der Waals surface area contributed by atoms with Crippen LogP contribution in [-0.4, -0.2) is 5.91 Å². The molecule has 0 unspecified atom stereocenters. The summed E-state index contributed by atoms with van der Waals surface area (Å²) in [7, 11) is 0. The topological polar surface area (TPSA) is 77.5 Å². The number of hydrogen-bond donors (Lipinski definition) is 2. The van der Waals surface area contributed by atoms with Gasteiger partial charge in [-0.3, -0.25) is 10.2 Å². The number of hydrazine groups is 1. The average molecular weight is 260 g/mol. The van der Waals surface area contributed by atoms with Crippen LogP contribution in [0.25, 0.3) is 0 Å². The molecule has 1 heterocycles.